The Bertz CT molecular complexity index is 726. The van der Waals surface area contributed by atoms with E-state index < -0.39 is 79.5 Å². The summed E-state index contributed by atoms with van der Waals surface area (Å²) in [4.78, 5) is 49.0. The summed E-state index contributed by atoms with van der Waals surface area (Å²) in [5.74, 6) is -6.33. The first-order valence-corrected chi connectivity index (χ1v) is 9.34. The van der Waals surface area contributed by atoms with Crippen molar-refractivity contribution in [2.75, 3.05) is 19.7 Å². The van der Waals surface area contributed by atoms with Crippen LogP contribution in [0, 0.1) is 11.8 Å². The number of nitrogens with zero attached hydrogens (tertiary/aromatic N) is 1. The summed E-state index contributed by atoms with van der Waals surface area (Å²) in [6.07, 6.45) is -10.6. The Morgan fingerprint density at radius 3 is 2.35 bits per heavy atom. The van der Waals surface area contributed by atoms with Crippen LogP contribution in [0.4, 0.5) is 26.3 Å². The highest BCUT2D eigenvalue weighted by Crippen LogP contribution is 2.36. The third kappa shape index (κ3) is 6.80. The predicted octanol–water partition coefficient (Wildman–Crippen LogP) is 0.902. The monoisotopic (exact) mass is 461 g/mol. The highest BCUT2D eigenvalue weighted by Gasteiger charge is 2.50. The molecule has 2 heterocycles. The van der Waals surface area contributed by atoms with Crippen molar-refractivity contribution in [2.24, 2.45) is 11.8 Å². The molecule has 0 aliphatic carbocycles. The summed E-state index contributed by atoms with van der Waals surface area (Å²) in [5, 5.41) is 4.59. The first-order valence-electron chi connectivity index (χ1n) is 9.34. The maximum absolute atomic E-state index is 13.1. The van der Waals surface area contributed by atoms with Crippen LogP contribution in [0.1, 0.15) is 26.2 Å². The van der Waals surface area contributed by atoms with Crippen LogP contribution in [0.2, 0.25) is 0 Å². The number of hydrogen-bond acceptors (Lipinski definition) is 5. The van der Waals surface area contributed by atoms with Gasteiger partial charge < -0.3 is 15.5 Å². The molecule has 0 aromatic rings. The van der Waals surface area contributed by atoms with Crippen LogP contribution in [-0.4, -0.2) is 72.7 Å². The number of likely N-dealkylation sites (tertiary alicyclic amines) is 1. The summed E-state index contributed by atoms with van der Waals surface area (Å²) in [6.45, 7) is -0.958. The van der Waals surface area contributed by atoms with Gasteiger partial charge in [-0.15, -0.1) is 13.2 Å². The minimum atomic E-state index is -5.12. The van der Waals surface area contributed by atoms with E-state index in [-0.39, 0.29) is 19.4 Å². The van der Waals surface area contributed by atoms with Gasteiger partial charge >= 0.3 is 12.5 Å². The van der Waals surface area contributed by atoms with E-state index in [1.54, 1.807) is 0 Å². The van der Waals surface area contributed by atoms with Crippen LogP contribution in [-0.2, 0) is 23.9 Å². The Balaban J connectivity index is 2.15. The molecule has 2 fully saturated rings. The largest absolute Gasteiger partial charge is 0.522 e. The SMILES string of the molecule is CC(=O)N1C[C@H](C(F)(F)F)C[C@H]1C(=O)N[C@@H](C[C@@H]1CCNC1=O)C(=O)COC(F)(F)F. The molecule has 0 aromatic heterocycles. The predicted molar refractivity (Wildman–Crippen MR) is 90.0 cm³/mol. The zero-order valence-electron chi connectivity index (χ0n) is 16.3. The molecule has 0 radical (unpaired) electrons. The van der Waals surface area contributed by atoms with Crippen LogP contribution in [0.5, 0.6) is 0 Å². The maximum atomic E-state index is 13.1. The lowest BCUT2D eigenvalue weighted by Gasteiger charge is -2.26. The Hall–Kier alpha value is -2.38. The molecule has 0 spiro atoms. The van der Waals surface area contributed by atoms with Crippen LogP contribution in [0.3, 0.4) is 0 Å². The Labute approximate surface area is 172 Å². The first kappa shape index (κ1) is 24.9. The van der Waals surface area contributed by atoms with E-state index in [9.17, 15) is 45.5 Å². The summed E-state index contributed by atoms with van der Waals surface area (Å²) < 4.78 is 79.5. The lowest BCUT2D eigenvalue weighted by Crippen LogP contribution is -2.52. The van der Waals surface area contributed by atoms with Crippen molar-refractivity contribution < 1.29 is 50.3 Å². The zero-order valence-corrected chi connectivity index (χ0v) is 16.3. The molecular formula is C17H21F6N3O5. The van der Waals surface area contributed by atoms with Crippen molar-refractivity contribution >= 4 is 23.5 Å². The number of ketones is 1. The fraction of sp³-hybridized carbons (Fsp3) is 0.765. The van der Waals surface area contributed by atoms with Crippen molar-refractivity contribution in [3.05, 3.63) is 0 Å². The van der Waals surface area contributed by atoms with E-state index in [0.717, 1.165) is 6.92 Å². The number of halogens is 6. The van der Waals surface area contributed by atoms with Crippen LogP contribution < -0.4 is 10.6 Å². The first-order chi connectivity index (χ1) is 14.2. The lowest BCUT2D eigenvalue weighted by molar-refractivity contribution is -0.321. The van der Waals surface area contributed by atoms with Gasteiger partial charge in [0.15, 0.2) is 5.78 Å². The number of nitrogens with one attached hydrogen (secondary N) is 2. The molecule has 4 atom stereocenters. The zero-order chi connectivity index (χ0) is 23.6. The molecule has 2 N–H and O–H groups in total. The number of rotatable bonds is 7. The maximum Gasteiger partial charge on any atom is 0.522 e. The molecular weight excluding hydrogens is 440 g/mol. The summed E-state index contributed by atoms with van der Waals surface area (Å²) >= 11 is 0. The quantitative estimate of drug-likeness (QED) is 0.549. The van der Waals surface area contributed by atoms with E-state index in [0.29, 0.717) is 4.90 Å². The number of ether oxygens (including phenoxy) is 1. The molecule has 14 heteroatoms. The van der Waals surface area contributed by atoms with Gasteiger partial charge in [0.25, 0.3) is 0 Å². The topological polar surface area (TPSA) is 105 Å². The van der Waals surface area contributed by atoms with Gasteiger partial charge in [0.1, 0.15) is 12.6 Å². The van der Waals surface area contributed by atoms with Gasteiger partial charge in [-0.3, -0.25) is 23.9 Å². The van der Waals surface area contributed by atoms with Crippen LogP contribution in [0.25, 0.3) is 0 Å². The van der Waals surface area contributed by atoms with Crippen molar-refractivity contribution in [3.8, 4) is 0 Å². The number of alkyl halides is 6. The van der Waals surface area contributed by atoms with Gasteiger partial charge in [-0.1, -0.05) is 0 Å². The molecule has 8 nitrogen and oxygen atoms in total. The summed E-state index contributed by atoms with van der Waals surface area (Å²) in [5.41, 5.74) is 0. The molecule has 2 saturated heterocycles. The Morgan fingerprint density at radius 2 is 1.87 bits per heavy atom. The smallest absolute Gasteiger partial charge is 0.356 e. The number of hydrogen-bond donors (Lipinski definition) is 2. The van der Waals surface area contributed by atoms with E-state index in [4.69, 9.17) is 0 Å². The van der Waals surface area contributed by atoms with E-state index in [2.05, 4.69) is 15.4 Å². The molecule has 2 rings (SSSR count). The third-order valence-electron chi connectivity index (χ3n) is 5.24. The Morgan fingerprint density at radius 1 is 1.23 bits per heavy atom. The van der Waals surface area contributed by atoms with Gasteiger partial charge in [0, 0.05) is 25.9 Å². The number of carbonyl (C=O) groups excluding carboxylic acids is 4. The van der Waals surface area contributed by atoms with Gasteiger partial charge in [0.05, 0.1) is 12.0 Å². The second-order valence-corrected chi connectivity index (χ2v) is 7.44. The molecule has 0 saturated carbocycles. The lowest BCUT2D eigenvalue weighted by atomic mass is 9.95. The standard InChI is InChI=1S/C17H21F6N3O5/c1-8(27)26-6-10(16(18,19)20)5-12(26)15(30)25-11(4-9-2-3-24-14(9)29)13(28)7-31-17(21,22)23/h9-12H,2-7H2,1H3,(H,24,29)(H,25,30)/t9-,10+,11-,12-/m0/s1. The van der Waals surface area contributed by atoms with Gasteiger partial charge in [-0.05, 0) is 19.3 Å². The fourth-order valence-electron chi connectivity index (χ4n) is 3.62. The van der Waals surface area contributed by atoms with Gasteiger partial charge in [0.2, 0.25) is 17.7 Å². The Kier molecular flexibility index (Phi) is 7.55. The molecule has 2 aliphatic heterocycles. The average molecular weight is 461 g/mol. The summed E-state index contributed by atoms with van der Waals surface area (Å²) in [7, 11) is 0. The van der Waals surface area contributed by atoms with Gasteiger partial charge in [-0.2, -0.15) is 13.2 Å². The summed E-state index contributed by atoms with van der Waals surface area (Å²) in [6, 6.07) is -3.16. The molecule has 31 heavy (non-hydrogen) atoms. The van der Waals surface area contributed by atoms with Crippen molar-refractivity contribution in [1.29, 1.82) is 0 Å². The molecule has 0 aromatic carbocycles. The van der Waals surface area contributed by atoms with Crippen LogP contribution >= 0.6 is 0 Å². The third-order valence-corrected chi connectivity index (χ3v) is 5.24. The average Bonchev–Trinajstić information content (AvgIpc) is 3.25. The van der Waals surface area contributed by atoms with E-state index >= 15 is 0 Å². The van der Waals surface area contributed by atoms with Crippen LogP contribution in [0.15, 0.2) is 0 Å². The number of amides is 3. The molecule has 0 bridgehead atoms. The highest BCUT2D eigenvalue weighted by molar-refractivity contribution is 5.94. The minimum absolute atomic E-state index is 0.262. The second-order valence-electron chi connectivity index (χ2n) is 7.44. The van der Waals surface area contributed by atoms with Gasteiger partial charge in [-0.25, -0.2) is 0 Å². The number of carbonyl (C=O) groups is 4. The van der Waals surface area contributed by atoms with Crippen molar-refractivity contribution in [2.45, 2.75) is 50.8 Å². The van der Waals surface area contributed by atoms with Crippen molar-refractivity contribution in [3.63, 3.8) is 0 Å². The van der Waals surface area contributed by atoms with Crippen molar-refractivity contribution in [1.82, 2.24) is 15.5 Å². The van der Waals surface area contributed by atoms with E-state index in [1.807, 2.05) is 0 Å². The highest BCUT2D eigenvalue weighted by atomic mass is 19.4. The molecule has 2 aliphatic rings. The molecule has 0 unspecified atom stereocenters. The second kappa shape index (κ2) is 9.40. The molecule has 3 amide bonds. The minimum Gasteiger partial charge on any atom is -0.356 e. The normalized spacial score (nSPS) is 25.3. The fourth-order valence-corrected chi connectivity index (χ4v) is 3.62. The van der Waals surface area contributed by atoms with E-state index in [1.165, 1.54) is 0 Å². The number of Topliss-reactive ketones (excluding diaryl/α,β-unsaturated/α-hetero) is 1. The molecule has 176 valence electrons.